The Labute approximate surface area is 60.1 Å². The average molecular weight is 141 g/mol. The molecule has 0 aromatic carbocycles. The number of carbonyl (C=O) groups excluding carboxylic acids is 1. The summed E-state index contributed by atoms with van der Waals surface area (Å²) in [5, 5.41) is 0. The molecule has 3 nitrogen and oxygen atoms in total. The van der Waals surface area contributed by atoms with Crippen molar-refractivity contribution in [1.82, 2.24) is 0 Å². The normalized spacial score (nSPS) is 16.9. The Morgan fingerprint density at radius 2 is 2.50 bits per heavy atom. The topological polar surface area (TPSA) is 38.7 Å². The van der Waals surface area contributed by atoms with E-state index in [4.69, 9.17) is 4.74 Å². The summed E-state index contributed by atoms with van der Waals surface area (Å²) < 4.78 is 4.77. The van der Waals surface area contributed by atoms with E-state index in [0.717, 1.165) is 19.3 Å². The van der Waals surface area contributed by atoms with Crippen molar-refractivity contribution in [2.75, 3.05) is 6.54 Å². The molecule has 0 spiro atoms. The Hall–Kier alpha value is -0.860. The highest BCUT2D eigenvalue weighted by molar-refractivity contribution is 5.94. The zero-order chi connectivity index (χ0) is 7.40. The molecule has 1 aliphatic heterocycles. The van der Waals surface area contributed by atoms with E-state index in [1.807, 2.05) is 0 Å². The van der Waals surface area contributed by atoms with Gasteiger partial charge in [0.25, 0.3) is 0 Å². The summed E-state index contributed by atoms with van der Waals surface area (Å²) in [6, 6.07) is 0. The standard InChI is InChI=1S/C7H11NO2/c1-2-3-4-6-8-5-7(9)10-6/h2-5H2,1H3. The first kappa shape index (κ1) is 7.25. The van der Waals surface area contributed by atoms with Crippen LogP contribution >= 0.6 is 0 Å². The molecule has 0 saturated carbocycles. The zero-order valence-electron chi connectivity index (χ0n) is 6.09. The Balaban J connectivity index is 2.23. The molecule has 1 heterocycles. The van der Waals surface area contributed by atoms with Gasteiger partial charge in [-0.05, 0) is 6.42 Å². The summed E-state index contributed by atoms with van der Waals surface area (Å²) in [6.45, 7) is 2.32. The molecule has 0 fully saturated rings. The van der Waals surface area contributed by atoms with Crippen molar-refractivity contribution >= 4 is 11.9 Å². The molecule has 0 aromatic rings. The molecular formula is C7H11NO2. The molecule has 0 saturated heterocycles. The average Bonchev–Trinajstić information content (AvgIpc) is 2.31. The first-order valence-corrected chi connectivity index (χ1v) is 3.57. The van der Waals surface area contributed by atoms with E-state index >= 15 is 0 Å². The van der Waals surface area contributed by atoms with Gasteiger partial charge in [0.1, 0.15) is 6.54 Å². The van der Waals surface area contributed by atoms with Crippen LogP contribution in [0.2, 0.25) is 0 Å². The molecule has 1 aliphatic rings. The lowest BCUT2D eigenvalue weighted by Gasteiger charge is -1.95. The number of aliphatic imine (C=N–C) groups is 1. The van der Waals surface area contributed by atoms with Crippen molar-refractivity contribution in [2.24, 2.45) is 4.99 Å². The number of unbranched alkanes of at least 4 members (excludes halogenated alkanes) is 1. The van der Waals surface area contributed by atoms with Gasteiger partial charge < -0.3 is 4.74 Å². The molecule has 0 atom stereocenters. The van der Waals surface area contributed by atoms with E-state index in [9.17, 15) is 4.79 Å². The van der Waals surface area contributed by atoms with Crippen LogP contribution in [-0.4, -0.2) is 18.4 Å². The quantitative estimate of drug-likeness (QED) is 0.552. The van der Waals surface area contributed by atoms with Crippen molar-refractivity contribution in [3.63, 3.8) is 0 Å². The third kappa shape index (κ3) is 1.83. The fourth-order valence-electron chi connectivity index (χ4n) is 0.807. The van der Waals surface area contributed by atoms with Crippen LogP contribution in [-0.2, 0) is 9.53 Å². The van der Waals surface area contributed by atoms with E-state index in [2.05, 4.69) is 11.9 Å². The Kier molecular flexibility index (Phi) is 2.42. The fraction of sp³-hybridized carbons (Fsp3) is 0.714. The Bertz CT molecular complexity index is 163. The van der Waals surface area contributed by atoms with Gasteiger partial charge in [-0.2, -0.15) is 0 Å². The van der Waals surface area contributed by atoms with E-state index in [-0.39, 0.29) is 12.5 Å². The van der Waals surface area contributed by atoms with Gasteiger partial charge in [0.05, 0.1) is 0 Å². The maximum absolute atomic E-state index is 10.5. The molecule has 0 amide bonds. The number of hydrogen-bond acceptors (Lipinski definition) is 3. The lowest BCUT2D eigenvalue weighted by molar-refractivity contribution is -0.132. The molecule has 0 aliphatic carbocycles. The summed E-state index contributed by atoms with van der Waals surface area (Å²) in [5.41, 5.74) is 0. The molecule has 56 valence electrons. The number of carbonyl (C=O) groups is 1. The molecule has 3 heteroatoms. The first-order valence-electron chi connectivity index (χ1n) is 3.57. The number of nitrogens with zero attached hydrogens (tertiary/aromatic N) is 1. The minimum Gasteiger partial charge on any atom is -0.411 e. The minimum absolute atomic E-state index is 0.217. The van der Waals surface area contributed by atoms with Crippen molar-refractivity contribution in [2.45, 2.75) is 26.2 Å². The lowest BCUT2D eigenvalue weighted by Crippen LogP contribution is -2.03. The summed E-state index contributed by atoms with van der Waals surface area (Å²) in [7, 11) is 0. The van der Waals surface area contributed by atoms with E-state index in [1.54, 1.807) is 0 Å². The van der Waals surface area contributed by atoms with Gasteiger partial charge in [-0.25, -0.2) is 9.79 Å². The largest absolute Gasteiger partial charge is 0.411 e. The van der Waals surface area contributed by atoms with Gasteiger partial charge in [0.15, 0.2) is 5.90 Å². The van der Waals surface area contributed by atoms with E-state index in [1.165, 1.54) is 0 Å². The lowest BCUT2D eigenvalue weighted by atomic mass is 10.2. The van der Waals surface area contributed by atoms with Crippen LogP contribution in [0.4, 0.5) is 0 Å². The summed E-state index contributed by atoms with van der Waals surface area (Å²) in [4.78, 5) is 14.4. The van der Waals surface area contributed by atoms with Crippen LogP contribution in [0.5, 0.6) is 0 Å². The van der Waals surface area contributed by atoms with Crippen LogP contribution in [0.25, 0.3) is 0 Å². The number of esters is 1. The number of hydrogen-bond donors (Lipinski definition) is 0. The molecule has 0 radical (unpaired) electrons. The smallest absolute Gasteiger partial charge is 0.334 e. The third-order valence-electron chi connectivity index (χ3n) is 1.36. The van der Waals surface area contributed by atoms with Gasteiger partial charge in [-0.3, -0.25) is 0 Å². The maximum Gasteiger partial charge on any atom is 0.334 e. The van der Waals surface area contributed by atoms with Crippen molar-refractivity contribution in [3.8, 4) is 0 Å². The third-order valence-corrected chi connectivity index (χ3v) is 1.36. The SMILES string of the molecule is CCCCC1=NCC(=O)O1. The fourth-order valence-corrected chi connectivity index (χ4v) is 0.807. The molecule has 1 rings (SSSR count). The Morgan fingerprint density at radius 3 is 3.00 bits per heavy atom. The summed E-state index contributed by atoms with van der Waals surface area (Å²) in [5.74, 6) is 0.401. The molecule has 0 N–H and O–H groups in total. The highest BCUT2D eigenvalue weighted by Crippen LogP contribution is 2.04. The van der Waals surface area contributed by atoms with Crippen LogP contribution in [0.1, 0.15) is 26.2 Å². The predicted molar refractivity (Wildman–Crippen MR) is 37.9 cm³/mol. The van der Waals surface area contributed by atoms with Crippen LogP contribution < -0.4 is 0 Å². The summed E-state index contributed by atoms with van der Waals surface area (Å²) >= 11 is 0. The van der Waals surface area contributed by atoms with Crippen molar-refractivity contribution in [3.05, 3.63) is 0 Å². The van der Waals surface area contributed by atoms with Gasteiger partial charge >= 0.3 is 5.97 Å². The second-order valence-corrected chi connectivity index (χ2v) is 2.29. The zero-order valence-corrected chi connectivity index (χ0v) is 6.09. The molecule has 0 aromatic heterocycles. The predicted octanol–water partition coefficient (Wildman–Crippen LogP) is 1.13. The first-order chi connectivity index (χ1) is 4.83. The van der Waals surface area contributed by atoms with Crippen LogP contribution in [0.3, 0.4) is 0 Å². The Morgan fingerprint density at radius 1 is 1.70 bits per heavy atom. The van der Waals surface area contributed by atoms with Crippen molar-refractivity contribution in [1.29, 1.82) is 0 Å². The molecule has 0 unspecified atom stereocenters. The van der Waals surface area contributed by atoms with Gasteiger partial charge in [-0.1, -0.05) is 13.3 Å². The molecule has 10 heavy (non-hydrogen) atoms. The highest BCUT2D eigenvalue weighted by atomic mass is 16.6. The van der Waals surface area contributed by atoms with Crippen LogP contribution in [0.15, 0.2) is 4.99 Å². The minimum atomic E-state index is -0.217. The van der Waals surface area contributed by atoms with Gasteiger partial charge in [-0.15, -0.1) is 0 Å². The second kappa shape index (κ2) is 3.34. The molecular weight excluding hydrogens is 130 g/mol. The number of ether oxygens (including phenoxy) is 1. The number of rotatable bonds is 3. The van der Waals surface area contributed by atoms with E-state index in [0.29, 0.717) is 5.90 Å². The van der Waals surface area contributed by atoms with Gasteiger partial charge in [0, 0.05) is 6.42 Å². The monoisotopic (exact) mass is 141 g/mol. The van der Waals surface area contributed by atoms with Crippen molar-refractivity contribution < 1.29 is 9.53 Å². The summed E-state index contributed by atoms with van der Waals surface area (Å²) in [6.07, 6.45) is 2.96. The maximum atomic E-state index is 10.5. The highest BCUT2D eigenvalue weighted by Gasteiger charge is 2.14. The van der Waals surface area contributed by atoms with E-state index < -0.39 is 0 Å². The molecule has 0 bridgehead atoms. The van der Waals surface area contributed by atoms with Gasteiger partial charge in [0.2, 0.25) is 0 Å². The second-order valence-electron chi connectivity index (χ2n) is 2.29. The van der Waals surface area contributed by atoms with Crippen LogP contribution in [0, 0.1) is 0 Å². The number of cyclic esters (lactones) is 1.